The third kappa shape index (κ3) is 5.55. The minimum atomic E-state index is -4.69. The molecule has 3 atom stereocenters. The van der Waals surface area contributed by atoms with Gasteiger partial charge in [0, 0.05) is 16.5 Å². The van der Waals surface area contributed by atoms with E-state index in [2.05, 4.69) is 5.32 Å². The highest BCUT2D eigenvalue weighted by Gasteiger charge is 2.57. The van der Waals surface area contributed by atoms with Crippen LogP contribution in [0.5, 0.6) is 11.5 Å². The third-order valence-electron chi connectivity index (χ3n) is 7.85. The van der Waals surface area contributed by atoms with Crippen LogP contribution in [0.3, 0.4) is 0 Å². The van der Waals surface area contributed by atoms with Gasteiger partial charge in [-0.1, -0.05) is 47.4 Å². The van der Waals surface area contributed by atoms with Crippen LogP contribution in [0, 0.1) is 12.8 Å². The average Bonchev–Trinajstić information content (AvgIpc) is 3.46. The predicted molar refractivity (Wildman–Crippen MR) is 167 cm³/mol. The molecule has 2 aliphatic rings. The lowest BCUT2D eigenvalue weighted by atomic mass is 9.83. The van der Waals surface area contributed by atoms with E-state index in [9.17, 15) is 32.3 Å². The standard InChI is InChI=1S/C32H26F3N3O6S2/c1-16-6-4-8-19(12-16)36-23(39)15-37-30-27(46-31(37)42)24(17-10-11-21(43-2)22(13-17)44-3)25-26(45-30)29(41)38(28(25)40)20-9-5-7-18(14-20)32(33,34)35/h4-14,24-26H,15H2,1-3H3,(H,36,39)/t24-,25?,26?/m1/s1. The summed E-state index contributed by atoms with van der Waals surface area (Å²) in [6.07, 6.45) is -4.69. The molecular formula is C32H26F3N3O6S2. The van der Waals surface area contributed by atoms with Gasteiger partial charge in [0.2, 0.25) is 17.7 Å². The molecule has 14 heteroatoms. The number of nitrogens with one attached hydrogen (secondary N) is 1. The summed E-state index contributed by atoms with van der Waals surface area (Å²) in [5, 5.41) is 2.02. The van der Waals surface area contributed by atoms with Crippen LogP contribution in [-0.4, -0.2) is 41.8 Å². The zero-order valence-corrected chi connectivity index (χ0v) is 26.2. The quantitative estimate of drug-likeness (QED) is 0.252. The Kier molecular flexibility index (Phi) is 8.19. The molecule has 2 unspecified atom stereocenters. The number of aromatic nitrogens is 1. The number of rotatable bonds is 7. The zero-order valence-electron chi connectivity index (χ0n) is 24.6. The maximum Gasteiger partial charge on any atom is 0.416 e. The summed E-state index contributed by atoms with van der Waals surface area (Å²) < 4.78 is 52.8. The number of imide groups is 1. The summed E-state index contributed by atoms with van der Waals surface area (Å²) in [6.45, 7) is 1.51. The third-order valence-corrected chi connectivity index (χ3v) is 10.5. The number of halogens is 3. The Balaban J connectivity index is 1.44. The molecule has 1 saturated heterocycles. The summed E-state index contributed by atoms with van der Waals surface area (Å²) >= 11 is 1.82. The number of thioether (sulfide) groups is 1. The second-order valence-electron chi connectivity index (χ2n) is 10.8. The van der Waals surface area contributed by atoms with Crippen LogP contribution < -0.4 is 24.6 Å². The Labute approximate surface area is 268 Å². The SMILES string of the molecule is COc1ccc([C@H]2c3sc(=O)n(CC(=O)Nc4cccc(C)c4)c3SC3C(=O)N(c4cccc(C(F)(F)F)c4)C(=O)C32)cc1OC. The predicted octanol–water partition coefficient (Wildman–Crippen LogP) is 5.69. The number of benzene rings is 3. The van der Waals surface area contributed by atoms with E-state index in [1.165, 1.54) is 24.9 Å². The van der Waals surface area contributed by atoms with Gasteiger partial charge in [0.1, 0.15) is 11.8 Å². The Morgan fingerprint density at radius 3 is 2.37 bits per heavy atom. The number of anilines is 2. The first-order chi connectivity index (χ1) is 21.9. The number of fused-ring (bicyclic) bond motifs is 2. The molecule has 4 aromatic rings. The molecule has 0 bridgehead atoms. The molecule has 9 nitrogen and oxygen atoms in total. The minimum Gasteiger partial charge on any atom is -0.493 e. The number of hydrogen-bond acceptors (Lipinski definition) is 8. The van der Waals surface area contributed by atoms with Crippen molar-refractivity contribution in [2.24, 2.45) is 5.92 Å². The Morgan fingerprint density at radius 1 is 0.935 bits per heavy atom. The number of methoxy groups -OCH3 is 2. The van der Waals surface area contributed by atoms with Crippen LogP contribution in [0.25, 0.3) is 0 Å². The van der Waals surface area contributed by atoms with E-state index in [4.69, 9.17) is 9.47 Å². The van der Waals surface area contributed by atoms with Gasteiger partial charge in [-0.15, -0.1) is 0 Å². The van der Waals surface area contributed by atoms with Crippen molar-refractivity contribution in [1.29, 1.82) is 0 Å². The van der Waals surface area contributed by atoms with Crippen molar-refractivity contribution < 1.29 is 37.0 Å². The van der Waals surface area contributed by atoms with Crippen molar-refractivity contribution in [3.05, 3.63) is 98.0 Å². The number of ether oxygens (including phenoxy) is 2. The number of carbonyl (C=O) groups is 3. The molecule has 3 amide bonds. The molecule has 3 aromatic carbocycles. The molecule has 238 valence electrons. The van der Waals surface area contributed by atoms with E-state index in [1.807, 2.05) is 13.0 Å². The number of hydrogen-bond donors (Lipinski definition) is 1. The molecule has 46 heavy (non-hydrogen) atoms. The summed E-state index contributed by atoms with van der Waals surface area (Å²) in [5.74, 6) is -3.06. The molecule has 0 radical (unpaired) electrons. The number of thiazole rings is 1. The van der Waals surface area contributed by atoms with Crippen LogP contribution in [0.15, 0.2) is 76.6 Å². The molecule has 1 fully saturated rings. The van der Waals surface area contributed by atoms with Crippen LogP contribution >= 0.6 is 23.1 Å². The highest BCUT2D eigenvalue weighted by molar-refractivity contribution is 8.00. The van der Waals surface area contributed by atoms with Gasteiger partial charge >= 0.3 is 11.0 Å². The average molecular weight is 670 g/mol. The smallest absolute Gasteiger partial charge is 0.416 e. The van der Waals surface area contributed by atoms with E-state index in [1.54, 1.807) is 36.4 Å². The second-order valence-corrected chi connectivity index (χ2v) is 12.9. The summed E-state index contributed by atoms with van der Waals surface area (Å²) in [7, 11) is 2.90. The molecule has 1 N–H and O–H groups in total. The van der Waals surface area contributed by atoms with Gasteiger partial charge in [-0.25, -0.2) is 4.90 Å². The molecule has 2 aliphatic heterocycles. The minimum absolute atomic E-state index is 0.204. The van der Waals surface area contributed by atoms with Crippen LogP contribution in [0.4, 0.5) is 24.5 Å². The summed E-state index contributed by atoms with van der Waals surface area (Å²) in [4.78, 5) is 55.3. The van der Waals surface area contributed by atoms with Crippen LogP contribution in [0.1, 0.15) is 27.5 Å². The van der Waals surface area contributed by atoms with Crippen molar-refractivity contribution in [2.75, 3.05) is 24.4 Å². The van der Waals surface area contributed by atoms with Crippen molar-refractivity contribution in [3.8, 4) is 11.5 Å². The van der Waals surface area contributed by atoms with Gasteiger partial charge in [0.15, 0.2) is 11.5 Å². The molecule has 0 aliphatic carbocycles. The first-order valence-electron chi connectivity index (χ1n) is 13.9. The van der Waals surface area contributed by atoms with Crippen molar-refractivity contribution in [3.63, 3.8) is 0 Å². The number of alkyl halides is 3. The van der Waals surface area contributed by atoms with Gasteiger partial charge in [-0.2, -0.15) is 13.2 Å². The maximum atomic E-state index is 14.1. The van der Waals surface area contributed by atoms with E-state index in [0.29, 0.717) is 32.7 Å². The number of aryl methyl sites for hydroxylation is 1. The first-order valence-corrected chi connectivity index (χ1v) is 15.6. The fourth-order valence-corrected chi connectivity index (χ4v) is 8.58. The summed E-state index contributed by atoms with van der Waals surface area (Å²) in [6, 6.07) is 16.2. The molecular weight excluding hydrogens is 643 g/mol. The van der Waals surface area contributed by atoms with E-state index < -0.39 is 51.4 Å². The highest BCUT2D eigenvalue weighted by atomic mass is 32.2. The lowest BCUT2D eigenvalue weighted by molar-refractivity contribution is -0.137. The second kappa shape index (κ2) is 12.0. The monoisotopic (exact) mass is 669 g/mol. The van der Waals surface area contributed by atoms with E-state index in [-0.39, 0.29) is 12.2 Å². The fraction of sp³-hybridized carbons (Fsp3) is 0.250. The Morgan fingerprint density at radius 2 is 1.67 bits per heavy atom. The van der Waals surface area contributed by atoms with Crippen LogP contribution in [0.2, 0.25) is 0 Å². The lowest BCUT2D eigenvalue weighted by Gasteiger charge is -2.31. The van der Waals surface area contributed by atoms with Crippen molar-refractivity contribution >= 4 is 52.2 Å². The van der Waals surface area contributed by atoms with Crippen molar-refractivity contribution in [2.45, 2.75) is 35.8 Å². The van der Waals surface area contributed by atoms with E-state index in [0.717, 1.165) is 51.8 Å². The van der Waals surface area contributed by atoms with Crippen molar-refractivity contribution in [1.82, 2.24) is 4.57 Å². The molecule has 1 aromatic heterocycles. The number of amides is 3. The lowest BCUT2D eigenvalue weighted by Crippen LogP contribution is -2.33. The number of nitrogens with zero attached hydrogens (tertiary/aromatic N) is 2. The fourth-order valence-electron chi connectivity index (χ4n) is 5.80. The highest BCUT2D eigenvalue weighted by Crippen LogP contribution is 2.54. The van der Waals surface area contributed by atoms with Gasteiger partial charge in [0.25, 0.3) is 0 Å². The van der Waals surface area contributed by atoms with Gasteiger partial charge in [0.05, 0.1) is 36.4 Å². The summed E-state index contributed by atoms with van der Waals surface area (Å²) in [5.41, 5.74) is 0.795. The topological polar surface area (TPSA) is 107 Å². The Hall–Kier alpha value is -4.56. The first kappa shape index (κ1) is 31.4. The maximum absolute atomic E-state index is 14.1. The Bertz CT molecular complexity index is 1940. The van der Waals surface area contributed by atoms with Gasteiger partial charge < -0.3 is 14.8 Å². The zero-order chi connectivity index (χ0) is 32.9. The van der Waals surface area contributed by atoms with E-state index >= 15 is 0 Å². The molecule has 3 heterocycles. The van der Waals surface area contributed by atoms with Crippen LogP contribution in [-0.2, 0) is 27.1 Å². The van der Waals surface area contributed by atoms with Gasteiger partial charge in [-0.05, 0) is 60.5 Å². The molecule has 0 saturated carbocycles. The largest absolute Gasteiger partial charge is 0.493 e. The normalized spacial score (nSPS) is 19.1. The van der Waals surface area contributed by atoms with Gasteiger partial charge in [-0.3, -0.25) is 23.7 Å². The molecule has 0 spiro atoms. The molecule has 6 rings (SSSR count). The number of carbonyl (C=O) groups excluding carboxylic acids is 3.